The first kappa shape index (κ1) is 14.8. The molecule has 1 aromatic rings. The van der Waals surface area contributed by atoms with Crippen LogP contribution in [0.4, 0.5) is 0 Å². The highest BCUT2D eigenvalue weighted by Gasteiger charge is 2.26. The van der Waals surface area contributed by atoms with E-state index in [9.17, 15) is 8.42 Å². The second-order valence-corrected chi connectivity index (χ2v) is 7.09. The van der Waals surface area contributed by atoms with Gasteiger partial charge >= 0.3 is 0 Å². The van der Waals surface area contributed by atoms with E-state index < -0.39 is 10.0 Å². The number of rotatable bonds is 4. The van der Waals surface area contributed by atoms with Crippen molar-refractivity contribution in [3.63, 3.8) is 0 Å². The molecule has 0 aromatic heterocycles. The Bertz CT molecular complexity index is 540. The minimum Gasteiger partial charge on any atom is -0.316 e. The summed E-state index contributed by atoms with van der Waals surface area (Å²) in [6.45, 7) is 1.85. The Balaban J connectivity index is 2.27. The number of hydrogen-bond donors (Lipinski definition) is 1. The summed E-state index contributed by atoms with van der Waals surface area (Å²) in [6, 6.07) is 4.97. The quantitative estimate of drug-likeness (QED) is 0.928. The van der Waals surface area contributed by atoms with Crippen molar-refractivity contribution in [3.05, 3.63) is 28.8 Å². The van der Waals surface area contributed by atoms with Gasteiger partial charge in [0.05, 0.1) is 4.90 Å². The number of benzene rings is 1. The van der Waals surface area contributed by atoms with Crippen LogP contribution in [0.2, 0.25) is 5.02 Å². The van der Waals surface area contributed by atoms with Crippen molar-refractivity contribution >= 4 is 21.6 Å². The van der Waals surface area contributed by atoms with Gasteiger partial charge in [-0.15, -0.1) is 0 Å². The topological polar surface area (TPSA) is 49.4 Å². The number of hydrogen-bond acceptors (Lipinski definition) is 3. The van der Waals surface area contributed by atoms with Crippen molar-refractivity contribution in [2.75, 3.05) is 20.1 Å². The molecule has 19 heavy (non-hydrogen) atoms. The van der Waals surface area contributed by atoms with Crippen molar-refractivity contribution in [2.45, 2.75) is 30.7 Å². The summed E-state index contributed by atoms with van der Waals surface area (Å²) < 4.78 is 26.5. The number of piperidine rings is 1. The molecule has 4 nitrogen and oxygen atoms in total. The molecule has 0 unspecified atom stereocenters. The summed E-state index contributed by atoms with van der Waals surface area (Å²) >= 11 is 6.13. The van der Waals surface area contributed by atoms with E-state index >= 15 is 0 Å². The lowest BCUT2D eigenvalue weighted by Crippen LogP contribution is -2.35. The van der Waals surface area contributed by atoms with E-state index in [0.29, 0.717) is 29.6 Å². The average molecular weight is 303 g/mol. The van der Waals surface area contributed by atoms with Gasteiger partial charge in [0.2, 0.25) is 10.0 Å². The van der Waals surface area contributed by atoms with Crippen molar-refractivity contribution in [3.8, 4) is 0 Å². The highest BCUT2D eigenvalue weighted by molar-refractivity contribution is 7.89. The largest absolute Gasteiger partial charge is 0.316 e. The van der Waals surface area contributed by atoms with E-state index in [1.165, 1.54) is 0 Å². The van der Waals surface area contributed by atoms with E-state index in [1.807, 2.05) is 7.05 Å². The monoisotopic (exact) mass is 302 g/mol. The Morgan fingerprint density at radius 2 is 1.95 bits per heavy atom. The van der Waals surface area contributed by atoms with Gasteiger partial charge in [0.25, 0.3) is 0 Å². The van der Waals surface area contributed by atoms with Crippen LogP contribution < -0.4 is 5.32 Å². The number of halogens is 1. The smallest absolute Gasteiger partial charge is 0.243 e. The van der Waals surface area contributed by atoms with E-state index in [4.69, 9.17) is 11.6 Å². The molecule has 0 amide bonds. The summed E-state index contributed by atoms with van der Waals surface area (Å²) in [4.78, 5) is 0.291. The molecule has 0 saturated carbocycles. The third-order valence-corrected chi connectivity index (χ3v) is 5.59. The van der Waals surface area contributed by atoms with Crippen molar-refractivity contribution in [1.29, 1.82) is 0 Å². The van der Waals surface area contributed by atoms with Crippen LogP contribution >= 0.6 is 11.6 Å². The molecule has 0 atom stereocenters. The second kappa shape index (κ2) is 6.22. The maximum Gasteiger partial charge on any atom is 0.243 e. The Hall–Kier alpha value is -0.620. The van der Waals surface area contributed by atoms with E-state index in [2.05, 4.69) is 5.32 Å². The third kappa shape index (κ3) is 3.28. The molecule has 1 N–H and O–H groups in total. The standard InChI is InChI=1S/C13H19ClN2O2S/c1-15-10-11-5-6-12(9-13(11)14)19(17,18)16-7-3-2-4-8-16/h5-6,9,15H,2-4,7-8,10H2,1H3. The third-order valence-electron chi connectivity index (χ3n) is 3.34. The minimum absolute atomic E-state index is 0.291. The molecule has 0 aliphatic carbocycles. The Kier molecular flexibility index (Phi) is 4.84. The molecule has 6 heteroatoms. The SMILES string of the molecule is CNCc1ccc(S(=O)(=O)N2CCCCC2)cc1Cl. The van der Waals surface area contributed by atoms with Crippen LogP contribution in [0, 0.1) is 0 Å². The number of nitrogens with one attached hydrogen (secondary N) is 1. The minimum atomic E-state index is -3.39. The van der Waals surface area contributed by atoms with Gasteiger partial charge in [0, 0.05) is 24.7 Å². The van der Waals surface area contributed by atoms with Gasteiger partial charge in [0.1, 0.15) is 0 Å². The zero-order chi connectivity index (χ0) is 13.9. The zero-order valence-corrected chi connectivity index (χ0v) is 12.6. The molecule has 0 spiro atoms. The van der Waals surface area contributed by atoms with Crippen LogP contribution in [0.1, 0.15) is 24.8 Å². The summed E-state index contributed by atoms with van der Waals surface area (Å²) in [5.74, 6) is 0. The predicted molar refractivity (Wildman–Crippen MR) is 76.8 cm³/mol. The number of nitrogens with zero attached hydrogens (tertiary/aromatic N) is 1. The van der Waals surface area contributed by atoms with E-state index in [0.717, 1.165) is 24.8 Å². The highest BCUT2D eigenvalue weighted by atomic mass is 35.5. The molecule has 1 fully saturated rings. The maximum atomic E-state index is 12.5. The van der Waals surface area contributed by atoms with Gasteiger partial charge in [-0.25, -0.2) is 8.42 Å². The maximum absolute atomic E-state index is 12.5. The van der Waals surface area contributed by atoms with Gasteiger partial charge in [-0.3, -0.25) is 0 Å². The van der Waals surface area contributed by atoms with E-state index in [1.54, 1.807) is 22.5 Å². The van der Waals surface area contributed by atoms with Gasteiger partial charge < -0.3 is 5.32 Å². The lowest BCUT2D eigenvalue weighted by atomic mass is 10.2. The Morgan fingerprint density at radius 1 is 1.26 bits per heavy atom. The molecule has 1 heterocycles. The summed E-state index contributed by atoms with van der Waals surface area (Å²) in [5, 5.41) is 3.50. The molecule has 1 aliphatic rings. The Labute approximate surface area is 119 Å². The van der Waals surface area contributed by atoms with Gasteiger partial charge in [-0.1, -0.05) is 24.1 Å². The van der Waals surface area contributed by atoms with Crippen molar-refractivity contribution < 1.29 is 8.42 Å². The fraction of sp³-hybridized carbons (Fsp3) is 0.538. The van der Waals surface area contributed by atoms with Crippen LogP contribution in [0.5, 0.6) is 0 Å². The molecule has 106 valence electrons. The predicted octanol–water partition coefficient (Wildman–Crippen LogP) is 2.23. The fourth-order valence-electron chi connectivity index (χ4n) is 2.28. The zero-order valence-electron chi connectivity index (χ0n) is 11.0. The molecule has 0 radical (unpaired) electrons. The molecule has 1 aromatic carbocycles. The molecule has 2 rings (SSSR count). The highest BCUT2D eigenvalue weighted by Crippen LogP contribution is 2.25. The molecule has 1 aliphatic heterocycles. The normalized spacial score (nSPS) is 17.6. The van der Waals surface area contributed by atoms with Crippen molar-refractivity contribution in [1.82, 2.24) is 9.62 Å². The first-order valence-electron chi connectivity index (χ1n) is 6.49. The lowest BCUT2D eigenvalue weighted by molar-refractivity contribution is 0.346. The molecule has 1 saturated heterocycles. The average Bonchev–Trinajstić information content (AvgIpc) is 2.42. The van der Waals surface area contributed by atoms with Crippen LogP contribution in [0.15, 0.2) is 23.1 Å². The fourth-order valence-corrected chi connectivity index (χ4v) is 4.13. The molecule has 0 bridgehead atoms. The lowest BCUT2D eigenvalue weighted by Gasteiger charge is -2.26. The molecular formula is C13H19ClN2O2S. The Morgan fingerprint density at radius 3 is 2.53 bits per heavy atom. The van der Waals surface area contributed by atoms with E-state index in [-0.39, 0.29) is 0 Å². The summed E-state index contributed by atoms with van der Waals surface area (Å²) in [7, 11) is -1.56. The summed E-state index contributed by atoms with van der Waals surface area (Å²) in [6.07, 6.45) is 2.98. The second-order valence-electron chi connectivity index (χ2n) is 4.75. The number of sulfonamides is 1. The first-order chi connectivity index (χ1) is 9.05. The van der Waals surface area contributed by atoms with Crippen LogP contribution in [0.25, 0.3) is 0 Å². The van der Waals surface area contributed by atoms with Crippen LogP contribution in [-0.4, -0.2) is 32.9 Å². The summed E-state index contributed by atoms with van der Waals surface area (Å²) in [5.41, 5.74) is 0.904. The van der Waals surface area contributed by atoms with Crippen LogP contribution in [0.3, 0.4) is 0 Å². The van der Waals surface area contributed by atoms with Gasteiger partial charge in [-0.2, -0.15) is 4.31 Å². The van der Waals surface area contributed by atoms with Gasteiger partial charge in [0.15, 0.2) is 0 Å². The van der Waals surface area contributed by atoms with Crippen molar-refractivity contribution in [2.24, 2.45) is 0 Å². The van der Waals surface area contributed by atoms with Gasteiger partial charge in [-0.05, 0) is 37.6 Å². The van der Waals surface area contributed by atoms with Crippen LogP contribution in [-0.2, 0) is 16.6 Å². The molecular weight excluding hydrogens is 284 g/mol. The first-order valence-corrected chi connectivity index (χ1v) is 8.30.